The van der Waals surface area contributed by atoms with Crippen LogP contribution in [0.4, 0.5) is 9.18 Å². The second-order valence-electron chi connectivity index (χ2n) is 5.48. The Labute approximate surface area is 149 Å². The van der Waals surface area contributed by atoms with Crippen LogP contribution in [0.15, 0.2) is 36.4 Å². The van der Waals surface area contributed by atoms with E-state index in [0.717, 1.165) is 0 Å². The second-order valence-corrected chi connectivity index (χ2v) is 5.48. The molecule has 2 rings (SSSR count). The Hall–Kier alpha value is -3.40. The molecule has 0 fully saturated rings. The minimum Gasteiger partial charge on any atom is -0.496 e. The molecule has 0 aliphatic rings. The van der Waals surface area contributed by atoms with Crippen LogP contribution in [-0.2, 0) is 0 Å². The van der Waals surface area contributed by atoms with Gasteiger partial charge in [0.15, 0.2) is 5.78 Å². The summed E-state index contributed by atoms with van der Waals surface area (Å²) in [6.45, 7) is 1.70. The highest BCUT2D eigenvalue weighted by Gasteiger charge is 2.26. The number of nitrogens with one attached hydrogen (secondary N) is 1. The summed E-state index contributed by atoms with van der Waals surface area (Å²) in [6, 6.07) is 9.82. The van der Waals surface area contributed by atoms with Gasteiger partial charge in [0.25, 0.3) is 0 Å². The molecule has 0 aromatic heterocycles. The zero-order chi connectivity index (χ0) is 19.3. The Morgan fingerprint density at radius 2 is 2.08 bits per heavy atom. The molecule has 2 N–H and O–H groups in total. The van der Waals surface area contributed by atoms with Gasteiger partial charge < -0.3 is 15.2 Å². The summed E-state index contributed by atoms with van der Waals surface area (Å²) < 4.78 is 20.2. The maximum absolute atomic E-state index is 15.1. The van der Waals surface area contributed by atoms with Crippen molar-refractivity contribution < 1.29 is 23.8 Å². The number of carboxylic acid groups (broad SMARTS) is 1. The van der Waals surface area contributed by atoms with E-state index in [0.29, 0.717) is 6.42 Å². The van der Waals surface area contributed by atoms with E-state index in [1.54, 1.807) is 6.92 Å². The molecule has 1 atom stereocenters. The Morgan fingerprint density at radius 1 is 1.35 bits per heavy atom. The Morgan fingerprint density at radius 3 is 2.65 bits per heavy atom. The van der Waals surface area contributed by atoms with E-state index in [1.165, 1.54) is 43.5 Å². The molecule has 2 aromatic carbocycles. The van der Waals surface area contributed by atoms with Gasteiger partial charge in [-0.25, -0.2) is 9.18 Å². The van der Waals surface area contributed by atoms with Crippen molar-refractivity contribution in [3.8, 4) is 11.8 Å². The van der Waals surface area contributed by atoms with Gasteiger partial charge in [0, 0.05) is 11.1 Å². The molecule has 0 bridgehead atoms. The number of carbonyl (C=O) groups excluding carboxylic acids is 1. The smallest absolute Gasteiger partial charge is 0.405 e. The molecule has 0 saturated carbocycles. The van der Waals surface area contributed by atoms with Crippen LogP contribution < -0.4 is 10.1 Å². The molecule has 0 spiro atoms. The number of carbonyl (C=O) groups is 2. The second kappa shape index (κ2) is 8.12. The van der Waals surface area contributed by atoms with E-state index < -0.39 is 23.7 Å². The van der Waals surface area contributed by atoms with Gasteiger partial charge in [-0.1, -0.05) is 25.1 Å². The molecule has 0 heterocycles. The first-order valence-electron chi connectivity index (χ1n) is 7.83. The van der Waals surface area contributed by atoms with E-state index in [2.05, 4.69) is 5.32 Å². The van der Waals surface area contributed by atoms with Crippen LogP contribution in [0, 0.1) is 17.1 Å². The molecule has 2 aromatic rings. The third kappa shape index (κ3) is 3.81. The largest absolute Gasteiger partial charge is 0.496 e. The summed E-state index contributed by atoms with van der Waals surface area (Å²) in [5.41, 5.74) is 0.157. The van der Waals surface area contributed by atoms with Crippen molar-refractivity contribution in [3.63, 3.8) is 0 Å². The topological polar surface area (TPSA) is 99.4 Å². The number of halogens is 1. The number of ether oxygens (including phenoxy) is 1. The van der Waals surface area contributed by atoms with Gasteiger partial charge >= 0.3 is 6.09 Å². The SMILES string of the molecule is CC[C@@H](NC(=O)O)c1ccc(OC)c(C(=O)c2cccc(C#N)c2)c1F. The maximum Gasteiger partial charge on any atom is 0.405 e. The molecule has 0 radical (unpaired) electrons. The van der Waals surface area contributed by atoms with Crippen LogP contribution in [0.2, 0.25) is 0 Å². The number of hydrogen-bond donors (Lipinski definition) is 2. The summed E-state index contributed by atoms with van der Waals surface area (Å²) in [7, 11) is 1.31. The van der Waals surface area contributed by atoms with Crippen molar-refractivity contribution in [1.29, 1.82) is 5.26 Å². The molecule has 0 aliphatic carbocycles. The number of nitriles is 1. The van der Waals surface area contributed by atoms with Crippen molar-refractivity contribution in [2.75, 3.05) is 7.11 Å². The van der Waals surface area contributed by atoms with Gasteiger partial charge in [0.05, 0.1) is 24.8 Å². The van der Waals surface area contributed by atoms with Gasteiger partial charge in [-0.05, 0) is 24.6 Å². The monoisotopic (exact) mass is 356 g/mol. The van der Waals surface area contributed by atoms with Crippen LogP contribution in [0.25, 0.3) is 0 Å². The summed E-state index contributed by atoms with van der Waals surface area (Å²) in [4.78, 5) is 23.8. The number of benzene rings is 2. The van der Waals surface area contributed by atoms with Crippen LogP contribution in [0.1, 0.15) is 46.4 Å². The average molecular weight is 356 g/mol. The van der Waals surface area contributed by atoms with E-state index in [9.17, 15) is 9.59 Å². The Bertz CT molecular complexity index is 890. The molecule has 134 valence electrons. The van der Waals surface area contributed by atoms with E-state index in [1.807, 2.05) is 6.07 Å². The zero-order valence-corrected chi connectivity index (χ0v) is 14.2. The predicted molar refractivity (Wildman–Crippen MR) is 91.7 cm³/mol. The Balaban J connectivity index is 2.59. The lowest BCUT2D eigenvalue weighted by molar-refractivity contribution is 0.103. The lowest BCUT2D eigenvalue weighted by Gasteiger charge is -2.19. The van der Waals surface area contributed by atoms with E-state index >= 15 is 4.39 Å². The zero-order valence-electron chi connectivity index (χ0n) is 14.2. The number of hydrogen-bond acceptors (Lipinski definition) is 4. The van der Waals surface area contributed by atoms with Gasteiger partial charge in [-0.3, -0.25) is 4.79 Å². The summed E-state index contributed by atoms with van der Waals surface area (Å²) in [6.07, 6.45) is -0.991. The quantitative estimate of drug-likeness (QED) is 0.770. The van der Waals surface area contributed by atoms with E-state index in [4.69, 9.17) is 15.1 Å². The summed E-state index contributed by atoms with van der Waals surface area (Å²) in [5, 5.41) is 20.1. The number of methoxy groups -OCH3 is 1. The number of amides is 1. The molecule has 0 saturated heterocycles. The fourth-order valence-corrected chi connectivity index (χ4v) is 2.65. The molecule has 7 heteroatoms. The molecular formula is C19H17FN2O4. The minimum absolute atomic E-state index is 0.0313. The van der Waals surface area contributed by atoms with Gasteiger partial charge in [-0.2, -0.15) is 5.26 Å². The highest BCUT2D eigenvalue weighted by Crippen LogP contribution is 2.31. The molecule has 0 unspecified atom stereocenters. The maximum atomic E-state index is 15.1. The van der Waals surface area contributed by atoms with Crippen molar-refractivity contribution in [3.05, 3.63) is 64.5 Å². The van der Waals surface area contributed by atoms with Crippen LogP contribution in [0.3, 0.4) is 0 Å². The predicted octanol–water partition coefficient (Wildman–Crippen LogP) is 3.66. The standard InChI is InChI=1S/C19H17FN2O4/c1-3-14(22-19(24)25)13-7-8-15(26-2)16(17(13)20)18(23)12-6-4-5-11(9-12)10-21/h4-9,14,22H,3H2,1-2H3,(H,24,25)/t14-/m1/s1. The third-order valence-electron chi connectivity index (χ3n) is 3.92. The van der Waals surface area contributed by atoms with Crippen LogP contribution >= 0.6 is 0 Å². The highest BCUT2D eigenvalue weighted by atomic mass is 19.1. The number of rotatable bonds is 6. The molecule has 26 heavy (non-hydrogen) atoms. The first-order chi connectivity index (χ1) is 12.4. The highest BCUT2D eigenvalue weighted by molar-refractivity contribution is 6.11. The number of nitrogens with zero attached hydrogens (tertiary/aromatic N) is 1. The lowest BCUT2D eigenvalue weighted by atomic mass is 9.95. The lowest BCUT2D eigenvalue weighted by Crippen LogP contribution is -2.27. The van der Waals surface area contributed by atoms with Crippen molar-refractivity contribution in [1.82, 2.24) is 5.32 Å². The van der Waals surface area contributed by atoms with Crippen molar-refractivity contribution >= 4 is 11.9 Å². The van der Waals surface area contributed by atoms with Crippen LogP contribution in [-0.4, -0.2) is 24.1 Å². The summed E-state index contributed by atoms with van der Waals surface area (Å²) >= 11 is 0. The fraction of sp³-hybridized carbons (Fsp3) is 0.211. The first kappa shape index (κ1) is 18.9. The summed E-state index contributed by atoms with van der Waals surface area (Å²) in [5.74, 6) is -1.47. The van der Waals surface area contributed by atoms with Gasteiger partial charge in [0.1, 0.15) is 17.1 Å². The van der Waals surface area contributed by atoms with Crippen LogP contribution in [0.5, 0.6) is 5.75 Å². The first-order valence-corrected chi connectivity index (χ1v) is 7.83. The molecule has 6 nitrogen and oxygen atoms in total. The van der Waals surface area contributed by atoms with Crippen molar-refractivity contribution in [2.45, 2.75) is 19.4 Å². The molecule has 0 aliphatic heterocycles. The third-order valence-corrected chi connectivity index (χ3v) is 3.92. The normalized spacial score (nSPS) is 11.3. The number of ketones is 1. The average Bonchev–Trinajstić information content (AvgIpc) is 2.65. The van der Waals surface area contributed by atoms with Crippen molar-refractivity contribution in [2.24, 2.45) is 0 Å². The van der Waals surface area contributed by atoms with Gasteiger partial charge in [0.2, 0.25) is 0 Å². The molecule has 1 amide bonds. The van der Waals surface area contributed by atoms with Gasteiger partial charge in [-0.15, -0.1) is 0 Å². The molecular weight excluding hydrogens is 339 g/mol. The Kier molecular flexibility index (Phi) is 5.91. The minimum atomic E-state index is -1.29. The fourth-order valence-electron chi connectivity index (χ4n) is 2.65. The van der Waals surface area contributed by atoms with E-state index in [-0.39, 0.29) is 28.0 Å².